The molecule has 0 aromatic heterocycles. The van der Waals surface area contributed by atoms with Gasteiger partial charge in [-0.3, -0.25) is 5.43 Å². The third kappa shape index (κ3) is 4.94. The monoisotopic (exact) mass is 200 g/mol. The first-order valence-corrected chi connectivity index (χ1v) is 5.77. The van der Waals surface area contributed by atoms with E-state index in [0.29, 0.717) is 6.04 Å². The maximum absolute atomic E-state index is 5.30. The second-order valence-electron chi connectivity index (χ2n) is 4.60. The highest BCUT2D eigenvalue weighted by molar-refractivity contribution is 4.64. The average Bonchev–Trinajstić information content (AvgIpc) is 2.16. The van der Waals surface area contributed by atoms with Gasteiger partial charge in [-0.2, -0.15) is 0 Å². The third-order valence-corrected chi connectivity index (χ3v) is 2.59. The van der Waals surface area contributed by atoms with Crippen molar-refractivity contribution in [1.82, 2.24) is 10.4 Å². The summed E-state index contributed by atoms with van der Waals surface area (Å²) in [6.07, 6.45) is 2.56. The van der Waals surface area contributed by atoms with Crippen molar-refractivity contribution in [2.45, 2.75) is 39.7 Å². The van der Waals surface area contributed by atoms with Gasteiger partial charge in [-0.25, -0.2) is 5.01 Å². The van der Waals surface area contributed by atoms with Crippen molar-refractivity contribution in [3.8, 4) is 0 Å². The summed E-state index contributed by atoms with van der Waals surface area (Å²) in [6, 6.07) is 0.593. The summed E-state index contributed by atoms with van der Waals surface area (Å²) in [6.45, 7) is 10.6. The molecular formula is C11H24N2O. The van der Waals surface area contributed by atoms with E-state index in [2.05, 4.69) is 31.2 Å². The van der Waals surface area contributed by atoms with E-state index in [1.165, 1.54) is 12.8 Å². The first-order chi connectivity index (χ1) is 6.68. The van der Waals surface area contributed by atoms with Crippen molar-refractivity contribution in [2.24, 2.45) is 5.92 Å². The molecule has 0 spiro atoms. The van der Waals surface area contributed by atoms with Gasteiger partial charge < -0.3 is 4.74 Å². The fourth-order valence-corrected chi connectivity index (χ4v) is 1.65. The minimum Gasteiger partial charge on any atom is -0.379 e. The molecule has 1 N–H and O–H groups in total. The van der Waals surface area contributed by atoms with Gasteiger partial charge in [0.15, 0.2) is 0 Å². The summed E-state index contributed by atoms with van der Waals surface area (Å²) < 4.78 is 5.30. The summed E-state index contributed by atoms with van der Waals surface area (Å²) >= 11 is 0. The number of ether oxygens (including phenoxy) is 1. The zero-order chi connectivity index (χ0) is 10.4. The Morgan fingerprint density at radius 2 is 1.79 bits per heavy atom. The molecule has 0 aliphatic carbocycles. The number of hydrogen-bond acceptors (Lipinski definition) is 3. The molecule has 84 valence electrons. The van der Waals surface area contributed by atoms with Crippen LogP contribution in [-0.4, -0.2) is 37.4 Å². The van der Waals surface area contributed by atoms with Crippen LogP contribution in [-0.2, 0) is 4.74 Å². The number of hydrazine groups is 1. The SMILES string of the molecule is CC(C)CCC(C)NN1CCOCC1. The molecule has 1 aliphatic heterocycles. The molecule has 1 fully saturated rings. The number of nitrogens with one attached hydrogen (secondary N) is 1. The molecular weight excluding hydrogens is 176 g/mol. The summed E-state index contributed by atoms with van der Waals surface area (Å²) in [5.74, 6) is 0.809. The van der Waals surface area contributed by atoms with Crippen LogP contribution in [0.4, 0.5) is 0 Å². The summed E-state index contributed by atoms with van der Waals surface area (Å²) in [4.78, 5) is 0. The van der Waals surface area contributed by atoms with Crippen LogP contribution in [0.3, 0.4) is 0 Å². The van der Waals surface area contributed by atoms with Crippen LogP contribution < -0.4 is 5.43 Å². The maximum Gasteiger partial charge on any atom is 0.0608 e. The lowest BCUT2D eigenvalue weighted by Gasteiger charge is -2.30. The van der Waals surface area contributed by atoms with Gasteiger partial charge in [0.2, 0.25) is 0 Å². The van der Waals surface area contributed by atoms with Gasteiger partial charge in [-0.05, 0) is 25.7 Å². The molecule has 3 heteroatoms. The molecule has 0 aromatic rings. The highest BCUT2D eigenvalue weighted by Gasteiger charge is 2.12. The van der Waals surface area contributed by atoms with Crippen molar-refractivity contribution in [3.05, 3.63) is 0 Å². The minimum absolute atomic E-state index is 0.593. The van der Waals surface area contributed by atoms with E-state index in [0.717, 1.165) is 32.2 Å². The highest BCUT2D eigenvalue weighted by atomic mass is 16.5. The number of rotatable bonds is 5. The Kier molecular flexibility index (Phi) is 5.45. The lowest BCUT2D eigenvalue weighted by molar-refractivity contribution is 0.00406. The van der Waals surface area contributed by atoms with E-state index in [-0.39, 0.29) is 0 Å². The molecule has 1 atom stereocenters. The Bertz CT molecular complexity index is 144. The van der Waals surface area contributed by atoms with Gasteiger partial charge in [0.1, 0.15) is 0 Å². The van der Waals surface area contributed by atoms with Crippen molar-refractivity contribution in [1.29, 1.82) is 0 Å². The predicted molar refractivity (Wildman–Crippen MR) is 59.1 cm³/mol. The van der Waals surface area contributed by atoms with Gasteiger partial charge in [0.05, 0.1) is 13.2 Å². The third-order valence-electron chi connectivity index (χ3n) is 2.59. The molecule has 0 aromatic carbocycles. The lowest BCUT2D eigenvalue weighted by atomic mass is 10.0. The van der Waals surface area contributed by atoms with Crippen LogP contribution in [0.1, 0.15) is 33.6 Å². The fourth-order valence-electron chi connectivity index (χ4n) is 1.65. The van der Waals surface area contributed by atoms with E-state index < -0.39 is 0 Å². The largest absolute Gasteiger partial charge is 0.379 e. The fraction of sp³-hybridized carbons (Fsp3) is 1.00. The molecule has 0 radical (unpaired) electrons. The minimum atomic E-state index is 0.593. The van der Waals surface area contributed by atoms with Crippen molar-refractivity contribution in [2.75, 3.05) is 26.3 Å². The van der Waals surface area contributed by atoms with Gasteiger partial charge in [-0.15, -0.1) is 0 Å². The standard InChI is InChI=1S/C11H24N2O/c1-10(2)4-5-11(3)12-13-6-8-14-9-7-13/h10-12H,4-9H2,1-3H3. The van der Waals surface area contributed by atoms with Gasteiger partial charge in [0.25, 0.3) is 0 Å². The molecule has 14 heavy (non-hydrogen) atoms. The summed E-state index contributed by atoms with van der Waals surface area (Å²) in [7, 11) is 0. The van der Waals surface area contributed by atoms with Gasteiger partial charge in [-0.1, -0.05) is 13.8 Å². The second-order valence-corrected chi connectivity index (χ2v) is 4.60. The molecule has 3 nitrogen and oxygen atoms in total. The van der Waals surface area contributed by atoms with Crippen molar-refractivity contribution >= 4 is 0 Å². The summed E-state index contributed by atoms with van der Waals surface area (Å²) in [5, 5.41) is 2.29. The lowest BCUT2D eigenvalue weighted by Crippen LogP contribution is -2.49. The van der Waals surface area contributed by atoms with Crippen LogP contribution >= 0.6 is 0 Å². The van der Waals surface area contributed by atoms with Crippen LogP contribution in [0.5, 0.6) is 0 Å². The maximum atomic E-state index is 5.30. The molecule has 1 heterocycles. The zero-order valence-electron chi connectivity index (χ0n) is 9.75. The van der Waals surface area contributed by atoms with E-state index >= 15 is 0 Å². The predicted octanol–water partition coefficient (Wildman–Crippen LogP) is 1.65. The van der Waals surface area contributed by atoms with Crippen LogP contribution in [0.25, 0.3) is 0 Å². The molecule has 0 saturated carbocycles. The summed E-state index contributed by atoms with van der Waals surface area (Å²) in [5.41, 5.74) is 3.53. The van der Waals surface area contributed by atoms with E-state index in [4.69, 9.17) is 4.74 Å². The topological polar surface area (TPSA) is 24.5 Å². The first kappa shape index (κ1) is 12.0. The average molecular weight is 200 g/mol. The molecule has 0 bridgehead atoms. The van der Waals surface area contributed by atoms with E-state index in [9.17, 15) is 0 Å². The van der Waals surface area contributed by atoms with Crippen LogP contribution in [0, 0.1) is 5.92 Å². The smallest absolute Gasteiger partial charge is 0.0608 e. The molecule has 0 amide bonds. The Morgan fingerprint density at radius 1 is 1.14 bits per heavy atom. The quantitative estimate of drug-likeness (QED) is 0.730. The molecule has 1 unspecified atom stereocenters. The van der Waals surface area contributed by atoms with Gasteiger partial charge in [0, 0.05) is 19.1 Å². The Balaban J connectivity index is 2.09. The number of morpholine rings is 1. The van der Waals surface area contributed by atoms with Crippen molar-refractivity contribution < 1.29 is 4.74 Å². The zero-order valence-corrected chi connectivity index (χ0v) is 9.75. The number of hydrogen-bond donors (Lipinski definition) is 1. The Labute approximate surface area is 87.8 Å². The molecule has 1 rings (SSSR count). The number of nitrogens with zero attached hydrogens (tertiary/aromatic N) is 1. The highest BCUT2D eigenvalue weighted by Crippen LogP contribution is 2.07. The second kappa shape index (κ2) is 6.38. The normalized spacial score (nSPS) is 21.4. The Morgan fingerprint density at radius 3 is 2.36 bits per heavy atom. The Hall–Kier alpha value is -0.120. The van der Waals surface area contributed by atoms with Crippen molar-refractivity contribution in [3.63, 3.8) is 0 Å². The van der Waals surface area contributed by atoms with Gasteiger partial charge >= 0.3 is 0 Å². The van der Waals surface area contributed by atoms with Crippen LogP contribution in [0.15, 0.2) is 0 Å². The van der Waals surface area contributed by atoms with E-state index in [1.54, 1.807) is 0 Å². The van der Waals surface area contributed by atoms with Crippen LogP contribution in [0.2, 0.25) is 0 Å². The first-order valence-electron chi connectivity index (χ1n) is 5.77. The van der Waals surface area contributed by atoms with E-state index in [1.807, 2.05) is 0 Å². The molecule has 1 saturated heterocycles. The molecule has 1 aliphatic rings.